The van der Waals surface area contributed by atoms with E-state index in [1.165, 1.54) is 0 Å². The topological polar surface area (TPSA) is 53.7 Å². The van der Waals surface area contributed by atoms with Crippen molar-refractivity contribution in [1.29, 1.82) is 0 Å². The average Bonchev–Trinajstić information content (AvgIpc) is 2.66. The molecule has 1 aliphatic heterocycles. The van der Waals surface area contributed by atoms with Gasteiger partial charge in [-0.3, -0.25) is 0 Å². The number of nitrogens with two attached hydrogens (primary N) is 1. The lowest BCUT2D eigenvalue weighted by Crippen LogP contribution is -1.99. The summed E-state index contributed by atoms with van der Waals surface area (Å²) in [5.74, 6) is 1.61. The van der Waals surface area contributed by atoms with E-state index in [1.54, 1.807) is 6.07 Å². The Morgan fingerprint density at radius 2 is 2.33 bits per heavy atom. The van der Waals surface area contributed by atoms with Crippen LogP contribution >= 0.6 is 11.6 Å². The highest BCUT2D eigenvalue weighted by Gasteiger charge is 2.23. The number of fused-ring (bicyclic) bond motifs is 1. The zero-order valence-electron chi connectivity index (χ0n) is 8.38. The lowest BCUT2D eigenvalue weighted by Gasteiger charge is -2.11. The summed E-state index contributed by atoms with van der Waals surface area (Å²) in [6.07, 6.45) is 0.890. The molecule has 0 fully saturated rings. The van der Waals surface area contributed by atoms with Gasteiger partial charge in [-0.25, -0.2) is 0 Å². The van der Waals surface area contributed by atoms with Gasteiger partial charge in [0.2, 0.25) is 12.5 Å². The predicted octanol–water partition coefficient (Wildman–Crippen LogP) is 2.44. The lowest BCUT2D eigenvalue weighted by molar-refractivity contribution is 0.169. The quantitative estimate of drug-likeness (QED) is 0.809. The monoisotopic (exact) mass is 229 g/mol. The van der Waals surface area contributed by atoms with E-state index in [4.69, 9.17) is 31.5 Å². The van der Waals surface area contributed by atoms with Crippen molar-refractivity contribution in [2.24, 2.45) is 0 Å². The first-order valence-electron chi connectivity index (χ1n) is 4.74. The van der Waals surface area contributed by atoms with Crippen molar-refractivity contribution < 1.29 is 14.2 Å². The summed E-state index contributed by atoms with van der Waals surface area (Å²) in [6, 6.07) is 1.64. The van der Waals surface area contributed by atoms with Crippen LogP contribution in [0.3, 0.4) is 0 Å². The Morgan fingerprint density at radius 3 is 3.07 bits per heavy atom. The fourth-order valence-corrected chi connectivity index (χ4v) is 1.54. The zero-order chi connectivity index (χ0) is 10.8. The second-order valence-electron chi connectivity index (χ2n) is 3.19. The minimum Gasteiger partial charge on any atom is -0.488 e. The molecular weight excluding hydrogens is 218 g/mol. The Kier molecular flexibility index (Phi) is 2.77. The van der Waals surface area contributed by atoms with Gasteiger partial charge >= 0.3 is 0 Å². The number of halogens is 1. The predicted molar refractivity (Wildman–Crippen MR) is 57.8 cm³/mol. The number of hydrogen-bond donors (Lipinski definition) is 1. The number of benzene rings is 1. The molecule has 0 spiro atoms. The minimum atomic E-state index is 0.178. The van der Waals surface area contributed by atoms with E-state index in [2.05, 4.69) is 0 Å². The van der Waals surface area contributed by atoms with Crippen molar-refractivity contribution in [3.63, 3.8) is 0 Å². The number of anilines is 1. The minimum absolute atomic E-state index is 0.178. The van der Waals surface area contributed by atoms with Crippen molar-refractivity contribution in [2.75, 3.05) is 19.1 Å². The second kappa shape index (κ2) is 4.06. The molecule has 0 radical (unpaired) electrons. The molecule has 1 aromatic rings. The highest BCUT2D eigenvalue weighted by atomic mass is 35.5. The maximum Gasteiger partial charge on any atom is 0.231 e. The van der Waals surface area contributed by atoms with E-state index in [9.17, 15) is 0 Å². The SMILES string of the molecule is CCCOc1c(Cl)c(N)cc2c1OCO2. The van der Waals surface area contributed by atoms with Crippen LogP contribution < -0.4 is 19.9 Å². The number of ether oxygens (including phenoxy) is 3. The van der Waals surface area contributed by atoms with Crippen molar-refractivity contribution >= 4 is 17.3 Å². The molecule has 1 heterocycles. The third-order valence-electron chi connectivity index (χ3n) is 2.04. The normalized spacial score (nSPS) is 12.9. The van der Waals surface area contributed by atoms with Crippen molar-refractivity contribution in [3.05, 3.63) is 11.1 Å². The molecule has 0 aliphatic carbocycles. The fraction of sp³-hybridized carbons (Fsp3) is 0.400. The Balaban J connectivity index is 2.41. The molecule has 4 nitrogen and oxygen atoms in total. The van der Waals surface area contributed by atoms with Crippen LogP contribution in [-0.2, 0) is 0 Å². The molecular formula is C10H12ClNO3. The van der Waals surface area contributed by atoms with Gasteiger partial charge in [-0.2, -0.15) is 0 Å². The highest BCUT2D eigenvalue weighted by Crippen LogP contribution is 2.48. The summed E-state index contributed by atoms with van der Waals surface area (Å²) < 4.78 is 16.0. The van der Waals surface area contributed by atoms with E-state index in [0.29, 0.717) is 34.6 Å². The molecule has 82 valence electrons. The molecule has 0 amide bonds. The van der Waals surface area contributed by atoms with E-state index in [1.807, 2.05) is 6.92 Å². The van der Waals surface area contributed by atoms with Gasteiger partial charge in [-0.05, 0) is 6.42 Å². The lowest BCUT2D eigenvalue weighted by atomic mass is 10.2. The van der Waals surface area contributed by atoms with Crippen LogP contribution in [0.1, 0.15) is 13.3 Å². The highest BCUT2D eigenvalue weighted by molar-refractivity contribution is 6.35. The van der Waals surface area contributed by atoms with E-state index in [0.717, 1.165) is 6.42 Å². The molecule has 0 saturated heterocycles. The Labute approximate surface area is 92.9 Å². The van der Waals surface area contributed by atoms with Gasteiger partial charge in [0.15, 0.2) is 11.5 Å². The van der Waals surface area contributed by atoms with Gasteiger partial charge in [0.05, 0.1) is 12.3 Å². The molecule has 0 atom stereocenters. The van der Waals surface area contributed by atoms with Crippen LogP contribution in [-0.4, -0.2) is 13.4 Å². The average molecular weight is 230 g/mol. The molecule has 1 aliphatic rings. The summed E-state index contributed by atoms with van der Waals surface area (Å²) in [6.45, 7) is 2.76. The van der Waals surface area contributed by atoms with Gasteiger partial charge in [0.25, 0.3) is 0 Å². The van der Waals surface area contributed by atoms with Crippen LogP contribution in [0.5, 0.6) is 17.2 Å². The van der Waals surface area contributed by atoms with Gasteiger partial charge in [-0.1, -0.05) is 18.5 Å². The van der Waals surface area contributed by atoms with Gasteiger partial charge in [-0.15, -0.1) is 0 Å². The first kappa shape index (κ1) is 10.2. The van der Waals surface area contributed by atoms with Gasteiger partial charge in [0.1, 0.15) is 5.02 Å². The second-order valence-corrected chi connectivity index (χ2v) is 3.57. The largest absolute Gasteiger partial charge is 0.488 e. The molecule has 5 heteroatoms. The summed E-state index contributed by atoms with van der Waals surface area (Å²) in [7, 11) is 0. The number of nitrogen functional groups attached to an aromatic ring is 1. The maximum atomic E-state index is 6.03. The number of hydrogen-bond acceptors (Lipinski definition) is 4. The molecule has 15 heavy (non-hydrogen) atoms. The maximum absolute atomic E-state index is 6.03. The third-order valence-corrected chi connectivity index (χ3v) is 2.43. The van der Waals surface area contributed by atoms with Gasteiger partial charge in [0, 0.05) is 6.07 Å². The van der Waals surface area contributed by atoms with E-state index in [-0.39, 0.29) is 6.79 Å². The van der Waals surface area contributed by atoms with Crippen molar-refractivity contribution in [3.8, 4) is 17.2 Å². The molecule has 2 N–H and O–H groups in total. The standard InChI is InChI=1S/C10H12ClNO3/c1-2-3-13-10-8(11)6(12)4-7-9(10)15-5-14-7/h4H,2-3,5,12H2,1H3. The van der Waals surface area contributed by atoms with E-state index >= 15 is 0 Å². The molecule has 1 aromatic carbocycles. The Morgan fingerprint density at radius 1 is 1.53 bits per heavy atom. The Bertz CT molecular complexity index is 381. The summed E-state index contributed by atoms with van der Waals surface area (Å²) in [5, 5.41) is 0.382. The fourth-order valence-electron chi connectivity index (χ4n) is 1.34. The summed E-state index contributed by atoms with van der Waals surface area (Å²) in [5.41, 5.74) is 6.15. The smallest absolute Gasteiger partial charge is 0.231 e. The van der Waals surface area contributed by atoms with Crippen LogP contribution in [0, 0.1) is 0 Å². The van der Waals surface area contributed by atoms with Crippen LogP contribution in [0.25, 0.3) is 0 Å². The van der Waals surface area contributed by atoms with Crippen molar-refractivity contribution in [1.82, 2.24) is 0 Å². The molecule has 0 saturated carbocycles. The molecule has 0 bridgehead atoms. The van der Waals surface area contributed by atoms with Gasteiger partial charge < -0.3 is 19.9 Å². The zero-order valence-corrected chi connectivity index (χ0v) is 9.13. The summed E-state index contributed by atoms with van der Waals surface area (Å²) in [4.78, 5) is 0. The van der Waals surface area contributed by atoms with Crippen LogP contribution in [0.2, 0.25) is 5.02 Å². The molecule has 0 aromatic heterocycles. The first-order valence-corrected chi connectivity index (χ1v) is 5.12. The Hall–Kier alpha value is -1.29. The van der Waals surface area contributed by atoms with Crippen LogP contribution in [0.4, 0.5) is 5.69 Å². The van der Waals surface area contributed by atoms with Crippen molar-refractivity contribution in [2.45, 2.75) is 13.3 Å². The third kappa shape index (κ3) is 1.77. The molecule has 2 rings (SSSR count). The first-order chi connectivity index (χ1) is 7.24. The number of rotatable bonds is 3. The van der Waals surface area contributed by atoms with Crippen LogP contribution in [0.15, 0.2) is 6.07 Å². The summed E-state index contributed by atoms with van der Waals surface area (Å²) >= 11 is 6.03. The van der Waals surface area contributed by atoms with E-state index < -0.39 is 0 Å². The molecule has 0 unspecified atom stereocenters.